The normalized spacial score (nSPS) is 13.1. The van der Waals surface area contributed by atoms with Gasteiger partial charge in [0.15, 0.2) is 0 Å². The Balaban J connectivity index is 1.99. The SMILES string of the molecule is O=C(O)[C@@H](NCCN[C@@H](C(=O)O)c1ccccc1O)c1ccccc1O. The van der Waals surface area contributed by atoms with E-state index in [-0.39, 0.29) is 35.7 Å². The Bertz CT molecular complexity index is 714. The highest BCUT2D eigenvalue weighted by molar-refractivity contribution is 5.77. The van der Waals surface area contributed by atoms with E-state index in [1.165, 1.54) is 24.3 Å². The lowest BCUT2D eigenvalue weighted by molar-refractivity contribution is -0.141. The van der Waals surface area contributed by atoms with Crippen LogP contribution < -0.4 is 10.6 Å². The highest BCUT2D eigenvalue weighted by atomic mass is 16.4. The molecule has 2 atom stereocenters. The molecule has 0 saturated carbocycles. The van der Waals surface area contributed by atoms with E-state index in [2.05, 4.69) is 10.6 Å². The van der Waals surface area contributed by atoms with Crippen LogP contribution in [0.5, 0.6) is 11.5 Å². The minimum Gasteiger partial charge on any atom is -0.508 e. The number of para-hydroxylation sites is 2. The number of phenolic OH excluding ortho intramolecular Hbond substituents is 2. The highest BCUT2D eigenvalue weighted by Crippen LogP contribution is 2.25. The third kappa shape index (κ3) is 4.71. The summed E-state index contributed by atoms with van der Waals surface area (Å²) in [4.78, 5) is 22.9. The first kappa shape index (κ1) is 19.2. The van der Waals surface area contributed by atoms with Crippen LogP contribution in [0, 0.1) is 0 Å². The number of rotatable bonds is 9. The smallest absolute Gasteiger partial charge is 0.325 e. The zero-order valence-electron chi connectivity index (χ0n) is 13.8. The molecule has 138 valence electrons. The van der Waals surface area contributed by atoms with E-state index in [9.17, 15) is 30.0 Å². The van der Waals surface area contributed by atoms with Gasteiger partial charge < -0.3 is 20.4 Å². The van der Waals surface area contributed by atoms with Crippen LogP contribution in [-0.4, -0.2) is 45.5 Å². The second kappa shape index (κ2) is 8.84. The van der Waals surface area contributed by atoms with Gasteiger partial charge in [0, 0.05) is 24.2 Å². The van der Waals surface area contributed by atoms with Crippen molar-refractivity contribution < 1.29 is 30.0 Å². The number of phenols is 2. The fraction of sp³-hybridized carbons (Fsp3) is 0.222. The first-order chi connectivity index (χ1) is 12.4. The maximum absolute atomic E-state index is 11.4. The van der Waals surface area contributed by atoms with Crippen LogP contribution in [0.15, 0.2) is 48.5 Å². The molecule has 0 unspecified atom stereocenters. The average Bonchev–Trinajstić information content (AvgIpc) is 2.59. The van der Waals surface area contributed by atoms with Gasteiger partial charge in [0.05, 0.1) is 0 Å². The van der Waals surface area contributed by atoms with Crippen LogP contribution in [0.25, 0.3) is 0 Å². The number of aromatic hydroxyl groups is 2. The fourth-order valence-electron chi connectivity index (χ4n) is 2.56. The van der Waals surface area contributed by atoms with E-state index in [1.807, 2.05) is 0 Å². The number of hydrogen-bond acceptors (Lipinski definition) is 6. The molecule has 0 heterocycles. The zero-order chi connectivity index (χ0) is 19.1. The summed E-state index contributed by atoms with van der Waals surface area (Å²) in [5.41, 5.74) is 0.436. The molecule has 0 aliphatic rings. The summed E-state index contributed by atoms with van der Waals surface area (Å²) in [6.07, 6.45) is 0. The van der Waals surface area contributed by atoms with Crippen molar-refractivity contribution in [3.8, 4) is 11.5 Å². The summed E-state index contributed by atoms with van der Waals surface area (Å²) in [6.45, 7) is 0.255. The molecule has 2 aromatic rings. The van der Waals surface area contributed by atoms with E-state index in [4.69, 9.17) is 0 Å². The Labute approximate surface area is 149 Å². The van der Waals surface area contributed by atoms with E-state index in [1.54, 1.807) is 24.3 Å². The van der Waals surface area contributed by atoms with Gasteiger partial charge in [-0.05, 0) is 12.1 Å². The minimum absolute atomic E-state index is 0.128. The van der Waals surface area contributed by atoms with Crippen molar-refractivity contribution >= 4 is 11.9 Å². The molecular formula is C18H20N2O6. The molecule has 0 fully saturated rings. The molecule has 2 rings (SSSR count). The van der Waals surface area contributed by atoms with E-state index in [0.29, 0.717) is 0 Å². The lowest BCUT2D eigenvalue weighted by atomic mass is 10.1. The molecular weight excluding hydrogens is 340 g/mol. The molecule has 6 N–H and O–H groups in total. The Kier molecular flexibility index (Phi) is 6.54. The molecule has 0 saturated heterocycles. The highest BCUT2D eigenvalue weighted by Gasteiger charge is 2.24. The Morgan fingerprint density at radius 1 is 0.731 bits per heavy atom. The van der Waals surface area contributed by atoms with E-state index in [0.717, 1.165) is 0 Å². The number of carbonyl (C=O) groups is 2. The Morgan fingerprint density at radius 2 is 1.08 bits per heavy atom. The molecule has 2 aromatic carbocycles. The summed E-state index contributed by atoms with van der Waals surface area (Å²) < 4.78 is 0. The molecule has 0 aliphatic carbocycles. The number of aliphatic carboxylic acids is 2. The topological polar surface area (TPSA) is 139 Å². The van der Waals surface area contributed by atoms with Gasteiger partial charge >= 0.3 is 11.9 Å². The first-order valence-electron chi connectivity index (χ1n) is 7.90. The Morgan fingerprint density at radius 3 is 1.38 bits per heavy atom. The molecule has 26 heavy (non-hydrogen) atoms. The minimum atomic E-state index is -1.16. The van der Waals surface area contributed by atoms with Crippen molar-refractivity contribution in [3.63, 3.8) is 0 Å². The summed E-state index contributed by atoms with van der Waals surface area (Å²) in [6, 6.07) is 9.91. The van der Waals surface area contributed by atoms with Gasteiger partial charge in [0.1, 0.15) is 23.6 Å². The van der Waals surface area contributed by atoms with Crippen LogP contribution in [0.4, 0.5) is 0 Å². The van der Waals surface area contributed by atoms with Gasteiger partial charge in [-0.1, -0.05) is 36.4 Å². The van der Waals surface area contributed by atoms with Crippen LogP contribution in [0.2, 0.25) is 0 Å². The van der Waals surface area contributed by atoms with Crippen molar-refractivity contribution in [2.24, 2.45) is 0 Å². The standard InChI is InChI=1S/C18H20N2O6/c21-13-7-3-1-5-11(13)15(17(23)24)19-9-10-20-16(18(25)26)12-6-2-4-8-14(12)22/h1-8,15-16,19-22H,9-10H2,(H,23,24)(H,25,26)/t15-,16+. The van der Waals surface area contributed by atoms with Gasteiger partial charge in [-0.15, -0.1) is 0 Å². The summed E-state index contributed by atoms with van der Waals surface area (Å²) >= 11 is 0. The van der Waals surface area contributed by atoms with E-state index >= 15 is 0 Å². The molecule has 8 heteroatoms. The summed E-state index contributed by atoms with van der Waals surface area (Å²) in [5, 5.41) is 43.8. The zero-order valence-corrected chi connectivity index (χ0v) is 13.8. The fourth-order valence-corrected chi connectivity index (χ4v) is 2.56. The quantitative estimate of drug-likeness (QED) is 0.367. The predicted octanol–water partition coefficient (Wildman–Crippen LogP) is 1.23. The number of carboxylic acids is 2. The van der Waals surface area contributed by atoms with Crippen LogP contribution in [-0.2, 0) is 9.59 Å². The number of carboxylic acid groups (broad SMARTS) is 2. The summed E-state index contributed by atoms with van der Waals surface area (Å²) in [7, 11) is 0. The summed E-state index contributed by atoms with van der Waals surface area (Å²) in [5.74, 6) is -2.61. The number of hydrogen-bond donors (Lipinski definition) is 6. The Hall–Kier alpha value is -3.10. The van der Waals surface area contributed by atoms with Gasteiger partial charge in [0.25, 0.3) is 0 Å². The lowest BCUT2D eigenvalue weighted by Gasteiger charge is -2.19. The molecule has 0 spiro atoms. The number of benzene rings is 2. The van der Waals surface area contributed by atoms with Crippen LogP contribution >= 0.6 is 0 Å². The second-order valence-electron chi connectivity index (χ2n) is 5.57. The first-order valence-corrected chi connectivity index (χ1v) is 7.90. The van der Waals surface area contributed by atoms with Crippen molar-refractivity contribution in [1.82, 2.24) is 10.6 Å². The van der Waals surface area contributed by atoms with Gasteiger partial charge in [-0.3, -0.25) is 20.2 Å². The molecule has 8 nitrogen and oxygen atoms in total. The molecule has 0 amide bonds. The van der Waals surface area contributed by atoms with Crippen molar-refractivity contribution in [1.29, 1.82) is 0 Å². The van der Waals surface area contributed by atoms with Crippen LogP contribution in [0.3, 0.4) is 0 Å². The molecule has 0 bridgehead atoms. The third-order valence-corrected chi connectivity index (χ3v) is 3.81. The van der Waals surface area contributed by atoms with Gasteiger partial charge in [-0.25, -0.2) is 0 Å². The van der Waals surface area contributed by atoms with Gasteiger partial charge in [0.2, 0.25) is 0 Å². The second-order valence-corrected chi connectivity index (χ2v) is 5.57. The van der Waals surface area contributed by atoms with Crippen molar-refractivity contribution in [2.45, 2.75) is 12.1 Å². The maximum Gasteiger partial charge on any atom is 0.325 e. The molecule has 0 aliphatic heterocycles. The average molecular weight is 360 g/mol. The van der Waals surface area contributed by atoms with Gasteiger partial charge in [-0.2, -0.15) is 0 Å². The van der Waals surface area contributed by atoms with Crippen molar-refractivity contribution in [3.05, 3.63) is 59.7 Å². The number of nitrogens with one attached hydrogen (secondary N) is 2. The van der Waals surface area contributed by atoms with E-state index < -0.39 is 24.0 Å². The maximum atomic E-state index is 11.4. The largest absolute Gasteiger partial charge is 0.508 e. The lowest BCUT2D eigenvalue weighted by Crippen LogP contribution is -2.37. The monoisotopic (exact) mass is 360 g/mol. The van der Waals surface area contributed by atoms with Crippen molar-refractivity contribution in [2.75, 3.05) is 13.1 Å². The van der Waals surface area contributed by atoms with Crippen LogP contribution in [0.1, 0.15) is 23.2 Å². The molecule has 0 aromatic heterocycles. The predicted molar refractivity (Wildman–Crippen MR) is 93.0 cm³/mol. The molecule has 0 radical (unpaired) electrons. The third-order valence-electron chi connectivity index (χ3n) is 3.81.